The van der Waals surface area contributed by atoms with E-state index in [1.807, 2.05) is 12.1 Å². The van der Waals surface area contributed by atoms with Gasteiger partial charge >= 0.3 is 0 Å². The van der Waals surface area contributed by atoms with Crippen molar-refractivity contribution in [3.05, 3.63) is 34.9 Å². The number of benzene rings is 1. The lowest BCUT2D eigenvalue weighted by molar-refractivity contribution is -0.136. The van der Waals surface area contributed by atoms with Crippen LogP contribution in [-0.2, 0) is 22.7 Å². The molecule has 0 aromatic heterocycles. The Balaban J connectivity index is 1.35. The minimum absolute atomic E-state index is 0.0679. The van der Waals surface area contributed by atoms with Crippen LogP contribution >= 0.6 is 0 Å². The first kappa shape index (κ1) is 19.7. The summed E-state index contributed by atoms with van der Waals surface area (Å²) in [5, 5.41) is 6.09. The minimum atomic E-state index is -0.554. The van der Waals surface area contributed by atoms with Gasteiger partial charge in [-0.15, -0.1) is 0 Å². The number of amides is 3. The number of nitrogens with one attached hydrogen (secondary N) is 2. The predicted molar refractivity (Wildman–Crippen MR) is 112 cm³/mol. The van der Waals surface area contributed by atoms with Crippen molar-refractivity contribution >= 4 is 17.7 Å². The van der Waals surface area contributed by atoms with Crippen molar-refractivity contribution in [2.75, 3.05) is 13.1 Å². The topological polar surface area (TPSA) is 81.8 Å². The van der Waals surface area contributed by atoms with E-state index in [0.717, 1.165) is 36.3 Å². The van der Waals surface area contributed by atoms with Gasteiger partial charge < -0.3 is 10.2 Å². The SMILES string of the molecule is O=C1CCC(N2Cc3cccc(CN4CCCC4C4CCCCN4)c3C2=O)C(=O)N1. The van der Waals surface area contributed by atoms with Gasteiger partial charge in [0.15, 0.2) is 0 Å². The number of carbonyl (C=O) groups is 3. The number of hydrogen-bond acceptors (Lipinski definition) is 5. The van der Waals surface area contributed by atoms with E-state index in [4.69, 9.17) is 0 Å². The molecule has 3 amide bonds. The Labute approximate surface area is 177 Å². The monoisotopic (exact) mass is 410 g/mol. The van der Waals surface area contributed by atoms with Crippen LogP contribution in [0.4, 0.5) is 0 Å². The maximum absolute atomic E-state index is 13.3. The standard InChI is InChI=1S/C23H30N4O3/c28-20-10-9-19(22(29)25-20)27-14-16-6-3-5-15(21(16)23(27)30)13-26-12-4-8-18(26)17-7-1-2-11-24-17/h3,5-6,17-19,24H,1-2,4,7-14H2,(H,25,28,29). The van der Waals surface area contributed by atoms with Crippen LogP contribution in [0.1, 0.15) is 66.4 Å². The molecule has 0 aliphatic carbocycles. The lowest BCUT2D eigenvalue weighted by Gasteiger charge is -2.35. The van der Waals surface area contributed by atoms with Crippen molar-refractivity contribution in [1.29, 1.82) is 0 Å². The molecule has 4 heterocycles. The number of fused-ring (bicyclic) bond motifs is 1. The smallest absolute Gasteiger partial charge is 0.255 e. The fraction of sp³-hybridized carbons (Fsp3) is 0.609. The fourth-order valence-corrected chi connectivity index (χ4v) is 5.75. The van der Waals surface area contributed by atoms with Gasteiger partial charge in [0.1, 0.15) is 6.04 Å². The van der Waals surface area contributed by atoms with Gasteiger partial charge in [0.2, 0.25) is 11.8 Å². The van der Waals surface area contributed by atoms with E-state index in [1.165, 1.54) is 32.1 Å². The van der Waals surface area contributed by atoms with Crippen molar-refractivity contribution in [3.63, 3.8) is 0 Å². The van der Waals surface area contributed by atoms with E-state index in [9.17, 15) is 14.4 Å². The number of nitrogens with zero attached hydrogens (tertiary/aromatic N) is 2. The molecule has 1 aromatic rings. The molecule has 3 unspecified atom stereocenters. The molecular weight excluding hydrogens is 380 g/mol. The molecule has 0 saturated carbocycles. The summed E-state index contributed by atoms with van der Waals surface area (Å²) in [5.41, 5.74) is 2.83. The minimum Gasteiger partial charge on any atom is -0.322 e. The van der Waals surface area contributed by atoms with E-state index < -0.39 is 6.04 Å². The number of piperidine rings is 2. The van der Waals surface area contributed by atoms with Gasteiger partial charge in [0.05, 0.1) is 0 Å². The van der Waals surface area contributed by atoms with Crippen molar-refractivity contribution < 1.29 is 14.4 Å². The number of imide groups is 1. The molecule has 3 fully saturated rings. The molecule has 2 N–H and O–H groups in total. The third-order valence-electron chi connectivity index (χ3n) is 7.24. The van der Waals surface area contributed by atoms with Gasteiger partial charge in [0.25, 0.3) is 5.91 Å². The second kappa shape index (κ2) is 8.12. The van der Waals surface area contributed by atoms with Gasteiger partial charge in [-0.3, -0.25) is 24.6 Å². The average Bonchev–Trinajstić information content (AvgIpc) is 3.34. The molecule has 4 aliphatic heterocycles. The van der Waals surface area contributed by atoms with Crippen LogP contribution in [0, 0.1) is 0 Å². The van der Waals surface area contributed by atoms with Crippen LogP contribution in [-0.4, -0.2) is 58.7 Å². The summed E-state index contributed by atoms with van der Waals surface area (Å²) >= 11 is 0. The van der Waals surface area contributed by atoms with Crippen molar-refractivity contribution in [2.24, 2.45) is 0 Å². The molecule has 0 bridgehead atoms. The highest BCUT2D eigenvalue weighted by Crippen LogP contribution is 2.32. The predicted octanol–water partition coefficient (Wildman–Crippen LogP) is 1.55. The zero-order chi connectivity index (χ0) is 20.7. The molecule has 30 heavy (non-hydrogen) atoms. The van der Waals surface area contributed by atoms with Gasteiger partial charge in [0, 0.05) is 37.2 Å². The molecular formula is C23H30N4O3. The molecule has 1 aromatic carbocycles. The molecule has 0 radical (unpaired) electrons. The van der Waals surface area contributed by atoms with Gasteiger partial charge in [-0.05, 0) is 56.3 Å². The fourth-order valence-electron chi connectivity index (χ4n) is 5.75. The summed E-state index contributed by atoms with van der Waals surface area (Å²) in [6.45, 7) is 3.40. The van der Waals surface area contributed by atoms with Crippen LogP contribution in [0.25, 0.3) is 0 Å². The summed E-state index contributed by atoms with van der Waals surface area (Å²) in [4.78, 5) is 41.4. The quantitative estimate of drug-likeness (QED) is 0.736. The van der Waals surface area contributed by atoms with Crippen LogP contribution < -0.4 is 10.6 Å². The number of hydrogen-bond donors (Lipinski definition) is 2. The highest BCUT2D eigenvalue weighted by molar-refractivity contribution is 6.05. The zero-order valence-electron chi connectivity index (χ0n) is 17.4. The number of carbonyl (C=O) groups excluding carboxylic acids is 3. The van der Waals surface area contributed by atoms with Crippen LogP contribution in [0.15, 0.2) is 18.2 Å². The highest BCUT2D eigenvalue weighted by atomic mass is 16.2. The molecule has 7 heteroatoms. The normalized spacial score (nSPS) is 29.9. The van der Waals surface area contributed by atoms with Crippen molar-refractivity contribution in [2.45, 2.75) is 76.2 Å². The summed E-state index contributed by atoms with van der Waals surface area (Å²) in [7, 11) is 0. The molecule has 3 atom stereocenters. The summed E-state index contributed by atoms with van der Waals surface area (Å²) in [6.07, 6.45) is 6.89. The Morgan fingerprint density at radius 1 is 1.03 bits per heavy atom. The first-order valence-corrected chi connectivity index (χ1v) is 11.3. The van der Waals surface area contributed by atoms with Gasteiger partial charge in [-0.1, -0.05) is 24.6 Å². The molecule has 5 rings (SSSR count). The third kappa shape index (κ3) is 3.54. The zero-order valence-corrected chi connectivity index (χ0v) is 17.4. The van der Waals surface area contributed by atoms with Gasteiger partial charge in [-0.25, -0.2) is 0 Å². The molecule has 4 aliphatic rings. The Hall–Kier alpha value is -2.25. The summed E-state index contributed by atoms with van der Waals surface area (Å²) in [6, 6.07) is 6.61. The first-order chi connectivity index (χ1) is 14.6. The Bertz CT molecular complexity index is 864. The van der Waals surface area contributed by atoms with E-state index in [2.05, 4.69) is 21.6 Å². The largest absolute Gasteiger partial charge is 0.322 e. The number of likely N-dealkylation sites (tertiary alicyclic amines) is 1. The van der Waals surface area contributed by atoms with E-state index in [0.29, 0.717) is 25.0 Å². The number of rotatable bonds is 4. The average molecular weight is 411 g/mol. The summed E-state index contributed by atoms with van der Waals surface area (Å²) < 4.78 is 0. The maximum atomic E-state index is 13.3. The lowest BCUT2D eigenvalue weighted by Crippen LogP contribution is -2.52. The van der Waals surface area contributed by atoms with Crippen LogP contribution in [0.3, 0.4) is 0 Å². The van der Waals surface area contributed by atoms with E-state index in [1.54, 1.807) is 4.90 Å². The Morgan fingerprint density at radius 3 is 2.73 bits per heavy atom. The lowest BCUT2D eigenvalue weighted by atomic mass is 9.95. The molecule has 0 spiro atoms. The van der Waals surface area contributed by atoms with Crippen molar-refractivity contribution in [3.8, 4) is 0 Å². The maximum Gasteiger partial charge on any atom is 0.255 e. The highest BCUT2D eigenvalue weighted by Gasteiger charge is 2.40. The first-order valence-electron chi connectivity index (χ1n) is 11.3. The van der Waals surface area contributed by atoms with Gasteiger partial charge in [-0.2, -0.15) is 0 Å². The summed E-state index contributed by atoms with van der Waals surface area (Å²) in [5.74, 6) is -0.670. The van der Waals surface area contributed by atoms with Crippen LogP contribution in [0.2, 0.25) is 0 Å². The Kier molecular flexibility index (Phi) is 5.33. The van der Waals surface area contributed by atoms with Crippen molar-refractivity contribution in [1.82, 2.24) is 20.4 Å². The second-order valence-corrected chi connectivity index (χ2v) is 9.09. The van der Waals surface area contributed by atoms with E-state index >= 15 is 0 Å². The second-order valence-electron chi connectivity index (χ2n) is 9.09. The molecule has 7 nitrogen and oxygen atoms in total. The van der Waals surface area contributed by atoms with E-state index in [-0.39, 0.29) is 24.1 Å². The van der Waals surface area contributed by atoms with Crippen LogP contribution in [0.5, 0.6) is 0 Å². The Morgan fingerprint density at radius 2 is 1.93 bits per heavy atom. The molecule has 3 saturated heterocycles. The molecule has 160 valence electrons. The third-order valence-corrected chi connectivity index (χ3v) is 7.24.